The fourth-order valence-corrected chi connectivity index (χ4v) is 3.30. The van der Waals surface area contributed by atoms with Crippen molar-refractivity contribution in [1.82, 2.24) is 4.72 Å². The molecule has 1 aromatic rings. The summed E-state index contributed by atoms with van der Waals surface area (Å²) in [7, 11) is -4.21. The van der Waals surface area contributed by atoms with Crippen molar-refractivity contribution in [1.29, 1.82) is 0 Å². The van der Waals surface area contributed by atoms with Crippen LogP contribution in [-0.4, -0.2) is 25.0 Å². The van der Waals surface area contributed by atoms with E-state index in [1.165, 1.54) is 0 Å². The zero-order valence-electron chi connectivity index (χ0n) is 11.2. The molecule has 0 atom stereocenters. The van der Waals surface area contributed by atoms with E-state index >= 15 is 0 Å². The molecule has 0 fully saturated rings. The van der Waals surface area contributed by atoms with Crippen LogP contribution in [0, 0.1) is 5.82 Å². The maximum Gasteiger partial charge on any atom is 0.338 e. The molecular formula is C12H15ClFNO4S. The Hall–Kier alpha value is -1.18. The molecule has 2 N–H and O–H groups in total. The van der Waals surface area contributed by atoms with Gasteiger partial charge in [0.15, 0.2) is 5.82 Å². The SMILES string of the molecule is CCC(C)(C)NS(=O)(=O)c1cc(Cl)cc(C(=O)O)c1F. The number of aromatic carboxylic acids is 1. The molecule has 0 unspecified atom stereocenters. The van der Waals surface area contributed by atoms with E-state index in [4.69, 9.17) is 16.7 Å². The van der Waals surface area contributed by atoms with Crippen LogP contribution < -0.4 is 4.72 Å². The van der Waals surface area contributed by atoms with E-state index in [1.54, 1.807) is 20.8 Å². The molecule has 20 heavy (non-hydrogen) atoms. The van der Waals surface area contributed by atoms with Gasteiger partial charge in [0.1, 0.15) is 4.90 Å². The summed E-state index contributed by atoms with van der Waals surface area (Å²) in [6.07, 6.45) is 0.472. The molecule has 1 rings (SSSR count). The first-order chi connectivity index (χ1) is 9.00. The van der Waals surface area contributed by atoms with Crippen molar-refractivity contribution < 1.29 is 22.7 Å². The molecule has 112 valence electrons. The number of rotatable bonds is 5. The first-order valence-electron chi connectivity index (χ1n) is 5.76. The number of benzene rings is 1. The van der Waals surface area contributed by atoms with E-state index in [1.807, 2.05) is 0 Å². The molecule has 1 aromatic carbocycles. The summed E-state index contributed by atoms with van der Waals surface area (Å²) in [4.78, 5) is 10.1. The first-order valence-corrected chi connectivity index (χ1v) is 7.62. The van der Waals surface area contributed by atoms with Gasteiger partial charge in [-0.1, -0.05) is 18.5 Å². The van der Waals surface area contributed by atoms with Crippen molar-refractivity contribution in [3.05, 3.63) is 28.5 Å². The monoisotopic (exact) mass is 323 g/mol. The third-order valence-electron chi connectivity index (χ3n) is 2.82. The average molecular weight is 324 g/mol. The van der Waals surface area contributed by atoms with E-state index in [9.17, 15) is 17.6 Å². The standard InChI is InChI=1S/C12H15ClFNO4S/c1-4-12(2,3)15-20(18,19)9-6-7(13)5-8(10(9)14)11(16)17/h5-6,15H,4H2,1-3H3,(H,16,17). The predicted octanol–water partition coefficient (Wildman–Crippen LogP) is 2.64. The molecule has 5 nitrogen and oxygen atoms in total. The zero-order chi connectivity index (χ0) is 15.7. The van der Waals surface area contributed by atoms with Crippen LogP contribution in [0.15, 0.2) is 17.0 Å². The van der Waals surface area contributed by atoms with Gasteiger partial charge in [0.2, 0.25) is 10.0 Å². The van der Waals surface area contributed by atoms with Crippen molar-refractivity contribution in [2.24, 2.45) is 0 Å². The van der Waals surface area contributed by atoms with Crippen LogP contribution in [0.2, 0.25) is 5.02 Å². The van der Waals surface area contributed by atoms with Crippen LogP contribution >= 0.6 is 11.6 Å². The van der Waals surface area contributed by atoms with Gasteiger partial charge < -0.3 is 5.11 Å². The Bertz CT molecular complexity index is 643. The number of hydrogen-bond donors (Lipinski definition) is 2. The van der Waals surface area contributed by atoms with Crippen LogP contribution in [0.1, 0.15) is 37.6 Å². The van der Waals surface area contributed by atoms with Gasteiger partial charge in [0.05, 0.1) is 5.56 Å². The average Bonchev–Trinajstić information content (AvgIpc) is 2.30. The molecule has 8 heteroatoms. The summed E-state index contributed by atoms with van der Waals surface area (Å²) in [5.74, 6) is -2.92. The number of carbonyl (C=O) groups is 1. The quantitative estimate of drug-likeness (QED) is 0.872. The highest BCUT2D eigenvalue weighted by Crippen LogP contribution is 2.25. The highest BCUT2D eigenvalue weighted by molar-refractivity contribution is 7.89. The lowest BCUT2D eigenvalue weighted by atomic mass is 10.0. The summed E-state index contributed by atoms with van der Waals surface area (Å²) < 4.78 is 40.6. The van der Waals surface area contributed by atoms with Crippen molar-refractivity contribution >= 4 is 27.6 Å². The lowest BCUT2D eigenvalue weighted by Crippen LogP contribution is -2.43. The van der Waals surface area contributed by atoms with E-state index < -0.39 is 37.8 Å². The minimum Gasteiger partial charge on any atom is -0.478 e. The van der Waals surface area contributed by atoms with Crippen LogP contribution in [0.4, 0.5) is 4.39 Å². The molecule has 0 spiro atoms. The Morgan fingerprint density at radius 3 is 2.45 bits per heavy atom. The Balaban J connectivity index is 3.43. The van der Waals surface area contributed by atoms with Crippen molar-refractivity contribution in [2.45, 2.75) is 37.6 Å². The number of sulfonamides is 1. The second-order valence-corrected chi connectivity index (χ2v) is 7.00. The summed E-state index contributed by atoms with van der Waals surface area (Å²) >= 11 is 5.65. The van der Waals surface area contributed by atoms with Crippen LogP contribution in [-0.2, 0) is 10.0 Å². The first kappa shape index (κ1) is 16.9. The summed E-state index contributed by atoms with van der Waals surface area (Å²) in [6.45, 7) is 5.02. The van der Waals surface area contributed by atoms with Crippen LogP contribution in [0.3, 0.4) is 0 Å². The lowest BCUT2D eigenvalue weighted by molar-refractivity contribution is 0.0691. The second-order valence-electron chi connectivity index (χ2n) is 4.91. The molecule has 0 aliphatic carbocycles. The van der Waals surface area contributed by atoms with Crippen LogP contribution in [0.25, 0.3) is 0 Å². The van der Waals surface area contributed by atoms with Gasteiger partial charge >= 0.3 is 5.97 Å². The summed E-state index contributed by atoms with van der Waals surface area (Å²) in [5.41, 5.74) is -1.58. The molecule has 0 saturated carbocycles. The van der Waals surface area contributed by atoms with Gasteiger partial charge in [-0.25, -0.2) is 22.3 Å². The number of carboxylic acid groups (broad SMARTS) is 1. The van der Waals surface area contributed by atoms with E-state index in [0.29, 0.717) is 6.42 Å². The second kappa shape index (κ2) is 5.67. The van der Waals surface area contributed by atoms with Gasteiger partial charge in [-0.15, -0.1) is 0 Å². The molecule has 0 heterocycles. The van der Waals surface area contributed by atoms with Crippen molar-refractivity contribution in [3.8, 4) is 0 Å². The molecule has 0 bridgehead atoms. The Labute approximate surface area is 121 Å². The van der Waals surface area contributed by atoms with E-state index in [2.05, 4.69) is 4.72 Å². The van der Waals surface area contributed by atoms with Gasteiger partial charge in [-0.05, 0) is 32.4 Å². The molecular weight excluding hydrogens is 309 g/mol. The summed E-state index contributed by atoms with van der Waals surface area (Å²) in [5, 5.41) is 8.68. The maximum atomic E-state index is 14.0. The van der Waals surface area contributed by atoms with Crippen LogP contribution in [0.5, 0.6) is 0 Å². The minimum atomic E-state index is -4.21. The van der Waals surface area contributed by atoms with Gasteiger partial charge in [-0.2, -0.15) is 0 Å². The number of hydrogen-bond acceptors (Lipinski definition) is 3. The minimum absolute atomic E-state index is 0.168. The third-order valence-corrected chi connectivity index (χ3v) is 4.73. The Morgan fingerprint density at radius 2 is 2.00 bits per heavy atom. The molecule has 0 aliphatic heterocycles. The highest BCUT2D eigenvalue weighted by atomic mass is 35.5. The zero-order valence-corrected chi connectivity index (χ0v) is 12.8. The van der Waals surface area contributed by atoms with Gasteiger partial charge in [0, 0.05) is 10.6 Å². The molecule has 0 radical (unpaired) electrons. The van der Waals surface area contributed by atoms with Gasteiger partial charge in [-0.3, -0.25) is 0 Å². The lowest BCUT2D eigenvalue weighted by Gasteiger charge is -2.24. The number of carboxylic acids is 1. The molecule has 0 saturated heterocycles. The predicted molar refractivity (Wildman–Crippen MR) is 73.1 cm³/mol. The number of nitrogens with one attached hydrogen (secondary N) is 1. The molecule has 0 aliphatic rings. The van der Waals surface area contributed by atoms with Crippen molar-refractivity contribution in [2.75, 3.05) is 0 Å². The molecule has 0 amide bonds. The van der Waals surface area contributed by atoms with Crippen molar-refractivity contribution in [3.63, 3.8) is 0 Å². The maximum absolute atomic E-state index is 14.0. The fraction of sp³-hybridized carbons (Fsp3) is 0.417. The highest BCUT2D eigenvalue weighted by Gasteiger charge is 2.29. The Kier molecular flexibility index (Phi) is 4.78. The third kappa shape index (κ3) is 3.68. The Morgan fingerprint density at radius 1 is 1.45 bits per heavy atom. The largest absolute Gasteiger partial charge is 0.478 e. The fourth-order valence-electron chi connectivity index (χ4n) is 1.41. The topological polar surface area (TPSA) is 83.5 Å². The van der Waals surface area contributed by atoms with E-state index in [-0.39, 0.29) is 5.02 Å². The molecule has 0 aromatic heterocycles. The van der Waals surface area contributed by atoms with Gasteiger partial charge in [0.25, 0.3) is 0 Å². The van der Waals surface area contributed by atoms with E-state index in [0.717, 1.165) is 12.1 Å². The summed E-state index contributed by atoms with van der Waals surface area (Å²) in [6, 6.07) is 1.75. The normalized spacial score (nSPS) is 12.4. The number of halogens is 2. The smallest absolute Gasteiger partial charge is 0.338 e.